The Bertz CT molecular complexity index is 789. The van der Waals surface area contributed by atoms with Gasteiger partial charge in [0.1, 0.15) is 0 Å². The second kappa shape index (κ2) is 9.85. The van der Waals surface area contributed by atoms with Crippen molar-refractivity contribution in [2.24, 2.45) is 0 Å². The molecule has 0 aliphatic carbocycles. The molecular weight excluding hydrogens is 350 g/mol. The summed E-state index contributed by atoms with van der Waals surface area (Å²) in [6.07, 6.45) is 5.51. The van der Waals surface area contributed by atoms with Gasteiger partial charge in [-0.15, -0.1) is 12.4 Å². The third-order valence-electron chi connectivity index (χ3n) is 3.93. The molecule has 0 unspecified atom stereocenters. The van der Waals surface area contributed by atoms with Crippen LogP contribution in [0.2, 0.25) is 0 Å². The van der Waals surface area contributed by atoms with Crippen LogP contribution in [-0.4, -0.2) is 23.3 Å². The van der Waals surface area contributed by atoms with E-state index in [4.69, 9.17) is 9.47 Å². The van der Waals surface area contributed by atoms with Crippen molar-refractivity contribution in [2.75, 3.05) is 13.7 Å². The molecule has 0 saturated heterocycles. The Balaban J connectivity index is 0.00000243. The fraction of sp³-hybridized carbons (Fsp3) is 0.250. The number of aromatic nitrogens is 2. The van der Waals surface area contributed by atoms with E-state index in [2.05, 4.69) is 40.6 Å². The van der Waals surface area contributed by atoms with Crippen molar-refractivity contribution < 1.29 is 9.47 Å². The molecule has 0 bridgehead atoms. The minimum atomic E-state index is 0. The lowest BCUT2D eigenvalue weighted by atomic mass is 10.1. The van der Waals surface area contributed by atoms with E-state index < -0.39 is 0 Å². The third kappa shape index (κ3) is 5.00. The van der Waals surface area contributed by atoms with Crippen LogP contribution in [0.3, 0.4) is 0 Å². The highest BCUT2D eigenvalue weighted by atomic mass is 35.5. The van der Waals surface area contributed by atoms with Crippen LogP contribution in [0, 0.1) is 0 Å². The molecule has 1 heterocycles. The topological polar surface area (TPSA) is 48.3 Å². The first kappa shape index (κ1) is 19.8. The summed E-state index contributed by atoms with van der Waals surface area (Å²) < 4.78 is 12.9. The molecule has 0 fully saturated rings. The Hall–Kier alpha value is -2.50. The first-order valence-electron chi connectivity index (χ1n) is 8.38. The van der Waals surface area contributed by atoms with E-state index in [0.717, 1.165) is 30.3 Å². The molecule has 0 spiro atoms. The van der Waals surface area contributed by atoms with Gasteiger partial charge < -0.3 is 19.4 Å². The number of nitrogens with zero attached hydrogens (tertiary/aromatic N) is 2. The third-order valence-corrected chi connectivity index (χ3v) is 3.93. The van der Waals surface area contributed by atoms with Crippen molar-refractivity contribution in [2.45, 2.75) is 20.0 Å². The quantitative estimate of drug-likeness (QED) is 0.648. The molecule has 3 rings (SSSR count). The monoisotopic (exact) mass is 373 g/mol. The number of methoxy groups -OCH3 is 1. The first-order valence-corrected chi connectivity index (χ1v) is 8.38. The fourth-order valence-electron chi connectivity index (χ4n) is 2.65. The molecule has 1 N–H and O–H groups in total. The normalized spacial score (nSPS) is 10.2. The van der Waals surface area contributed by atoms with Crippen molar-refractivity contribution in [1.29, 1.82) is 0 Å². The molecule has 3 aromatic rings. The number of rotatable bonds is 8. The van der Waals surface area contributed by atoms with Crippen LogP contribution in [0.4, 0.5) is 0 Å². The lowest BCUT2D eigenvalue weighted by molar-refractivity contribution is 0.310. The van der Waals surface area contributed by atoms with E-state index in [1.807, 2.05) is 29.8 Å². The summed E-state index contributed by atoms with van der Waals surface area (Å²) in [5, 5.41) is 3.46. The van der Waals surface area contributed by atoms with Gasteiger partial charge in [-0.1, -0.05) is 18.2 Å². The van der Waals surface area contributed by atoms with E-state index in [1.54, 1.807) is 19.6 Å². The van der Waals surface area contributed by atoms with Gasteiger partial charge in [0.25, 0.3) is 0 Å². The number of halogens is 1. The van der Waals surface area contributed by atoms with Gasteiger partial charge in [0.2, 0.25) is 0 Å². The van der Waals surface area contributed by atoms with Crippen LogP contribution in [-0.2, 0) is 13.1 Å². The van der Waals surface area contributed by atoms with Crippen molar-refractivity contribution in [3.05, 3.63) is 72.3 Å². The molecule has 0 atom stereocenters. The minimum Gasteiger partial charge on any atom is -0.493 e. The van der Waals surface area contributed by atoms with Crippen LogP contribution < -0.4 is 14.8 Å². The Morgan fingerprint density at radius 1 is 1.00 bits per heavy atom. The molecule has 1 aromatic heterocycles. The number of imidazole rings is 1. The Morgan fingerprint density at radius 3 is 2.38 bits per heavy atom. The molecule has 2 aromatic carbocycles. The number of benzene rings is 2. The predicted octanol–water partition coefficient (Wildman–Crippen LogP) is 3.99. The maximum Gasteiger partial charge on any atom is 0.161 e. The Labute approximate surface area is 160 Å². The Morgan fingerprint density at radius 2 is 1.73 bits per heavy atom. The first-order chi connectivity index (χ1) is 12.3. The van der Waals surface area contributed by atoms with Gasteiger partial charge >= 0.3 is 0 Å². The fourth-order valence-corrected chi connectivity index (χ4v) is 2.65. The van der Waals surface area contributed by atoms with Gasteiger partial charge in [0.15, 0.2) is 11.5 Å². The second-order valence-corrected chi connectivity index (χ2v) is 5.66. The maximum atomic E-state index is 5.62. The molecule has 26 heavy (non-hydrogen) atoms. The molecule has 0 amide bonds. The van der Waals surface area contributed by atoms with Crippen LogP contribution in [0.25, 0.3) is 5.69 Å². The molecular formula is C20H24ClN3O2. The molecule has 0 radical (unpaired) electrons. The highest BCUT2D eigenvalue weighted by Gasteiger charge is 2.05. The van der Waals surface area contributed by atoms with Crippen molar-refractivity contribution in [3.63, 3.8) is 0 Å². The largest absolute Gasteiger partial charge is 0.493 e. The van der Waals surface area contributed by atoms with E-state index in [0.29, 0.717) is 6.61 Å². The highest BCUT2D eigenvalue weighted by Crippen LogP contribution is 2.28. The van der Waals surface area contributed by atoms with Crippen LogP contribution in [0.15, 0.2) is 61.2 Å². The summed E-state index contributed by atoms with van der Waals surface area (Å²) in [6.45, 7) is 4.17. The highest BCUT2D eigenvalue weighted by molar-refractivity contribution is 5.85. The number of ether oxygens (including phenoxy) is 2. The lowest BCUT2D eigenvalue weighted by Gasteiger charge is -2.12. The van der Waals surface area contributed by atoms with E-state index in [9.17, 15) is 0 Å². The zero-order valence-electron chi connectivity index (χ0n) is 15.0. The van der Waals surface area contributed by atoms with E-state index in [-0.39, 0.29) is 12.4 Å². The molecule has 138 valence electrons. The number of hydrogen-bond acceptors (Lipinski definition) is 4. The summed E-state index contributed by atoms with van der Waals surface area (Å²) >= 11 is 0. The van der Waals surface area contributed by atoms with Crippen LogP contribution >= 0.6 is 12.4 Å². The molecule has 0 saturated carbocycles. The van der Waals surface area contributed by atoms with E-state index >= 15 is 0 Å². The molecule has 5 nitrogen and oxygen atoms in total. The zero-order chi connectivity index (χ0) is 17.5. The average Bonchev–Trinajstić information content (AvgIpc) is 3.18. The second-order valence-electron chi connectivity index (χ2n) is 5.66. The van der Waals surface area contributed by atoms with Gasteiger partial charge in [-0.05, 0) is 42.3 Å². The maximum absolute atomic E-state index is 5.62. The standard InChI is InChI=1S/C20H23N3O2.ClH/c1-3-25-20-12-17(6-9-19(20)24-2)14-22-13-16-4-7-18(8-5-16)23-11-10-21-15-23;/h4-12,15,22H,3,13-14H2,1-2H3;1H. The lowest BCUT2D eigenvalue weighted by Crippen LogP contribution is -2.13. The minimum absolute atomic E-state index is 0. The van der Waals surface area contributed by atoms with Gasteiger partial charge in [-0.2, -0.15) is 0 Å². The summed E-state index contributed by atoms with van der Waals surface area (Å²) in [4.78, 5) is 4.07. The number of nitrogens with one attached hydrogen (secondary N) is 1. The van der Waals surface area contributed by atoms with Gasteiger partial charge in [-0.25, -0.2) is 4.98 Å². The smallest absolute Gasteiger partial charge is 0.161 e. The van der Waals surface area contributed by atoms with Crippen LogP contribution in [0.1, 0.15) is 18.1 Å². The summed E-state index contributed by atoms with van der Waals surface area (Å²) in [5.41, 5.74) is 3.51. The summed E-state index contributed by atoms with van der Waals surface area (Å²) in [7, 11) is 1.66. The molecule has 6 heteroatoms. The van der Waals surface area contributed by atoms with Crippen molar-refractivity contribution >= 4 is 12.4 Å². The average molecular weight is 374 g/mol. The molecule has 0 aliphatic heterocycles. The van der Waals surface area contributed by atoms with Gasteiger partial charge in [0, 0.05) is 31.2 Å². The summed E-state index contributed by atoms with van der Waals surface area (Å²) in [5.74, 6) is 1.55. The van der Waals surface area contributed by atoms with Gasteiger partial charge in [0.05, 0.1) is 20.0 Å². The van der Waals surface area contributed by atoms with Gasteiger partial charge in [-0.3, -0.25) is 0 Å². The Kier molecular flexibility index (Phi) is 7.51. The summed E-state index contributed by atoms with van der Waals surface area (Å²) in [6, 6.07) is 14.5. The van der Waals surface area contributed by atoms with E-state index in [1.165, 1.54) is 11.1 Å². The van der Waals surface area contributed by atoms with Crippen molar-refractivity contribution in [1.82, 2.24) is 14.9 Å². The number of hydrogen-bond donors (Lipinski definition) is 1. The van der Waals surface area contributed by atoms with Crippen LogP contribution in [0.5, 0.6) is 11.5 Å². The molecule has 0 aliphatic rings. The predicted molar refractivity (Wildman–Crippen MR) is 106 cm³/mol. The SMILES string of the molecule is CCOc1cc(CNCc2ccc(-n3ccnc3)cc2)ccc1OC.Cl. The zero-order valence-corrected chi connectivity index (χ0v) is 15.8. The van der Waals surface area contributed by atoms with Crippen molar-refractivity contribution in [3.8, 4) is 17.2 Å².